The highest BCUT2D eigenvalue weighted by atomic mass is 32.2. The number of thioether (sulfide) groups is 1. The van der Waals surface area contributed by atoms with E-state index in [-0.39, 0.29) is 10.9 Å². The van der Waals surface area contributed by atoms with E-state index >= 15 is 0 Å². The van der Waals surface area contributed by atoms with Crippen LogP contribution in [0.5, 0.6) is 0 Å². The first-order chi connectivity index (χ1) is 7.78. The maximum atomic E-state index is 12.6. The number of hydrogen-bond acceptors (Lipinski definition) is 2. The fourth-order valence-electron chi connectivity index (χ4n) is 1.79. The molecule has 1 atom stereocenters. The summed E-state index contributed by atoms with van der Waals surface area (Å²) in [4.78, 5) is 0. The highest BCUT2D eigenvalue weighted by Gasteiger charge is 2.34. The summed E-state index contributed by atoms with van der Waals surface area (Å²) in [7, 11) is 0. The van der Waals surface area contributed by atoms with Crippen molar-refractivity contribution in [1.29, 1.82) is 0 Å². The fourth-order valence-corrected chi connectivity index (χ4v) is 3.20. The third-order valence-electron chi connectivity index (χ3n) is 2.65. The van der Waals surface area contributed by atoms with Crippen molar-refractivity contribution < 1.29 is 13.2 Å². The summed E-state index contributed by atoms with van der Waals surface area (Å²) < 4.78 is 37.7. The van der Waals surface area contributed by atoms with Crippen LogP contribution in [0, 0.1) is 0 Å². The molecule has 17 heavy (non-hydrogen) atoms. The monoisotopic (exact) mass is 261 g/mol. The van der Waals surface area contributed by atoms with Gasteiger partial charge in [-0.2, -0.15) is 13.2 Å². The summed E-state index contributed by atoms with van der Waals surface area (Å²) in [6, 6.07) is 5.54. The van der Waals surface area contributed by atoms with Crippen LogP contribution in [0.4, 0.5) is 13.2 Å². The first kappa shape index (κ1) is 12.8. The zero-order valence-corrected chi connectivity index (χ0v) is 10.5. The van der Waals surface area contributed by atoms with Gasteiger partial charge in [-0.3, -0.25) is 5.32 Å². The summed E-state index contributed by atoms with van der Waals surface area (Å²) >= 11 is 1.64. The molecule has 1 aromatic rings. The van der Waals surface area contributed by atoms with Crippen molar-refractivity contribution in [3.63, 3.8) is 0 Å². The van der Waals surface area contributed by atoms with Gasteiger partial charge < -0.3 is 0 Å². The van der Waals surface area contributed by atoms with Gasteiger partial charge in [0.2, 0.25) is 0 Å². The molecule has 0 saturated carbocycles. The Balaban J connectivity index is 2.23. The number of nitrogens with one attached hydrogen (secondary N) is 1. The molecule has 1 unspecified atom stereocenters. The van der Waals surface area contributed by atoms with Gasteiger partial charge in [0.15, 0.2) is 0 Å². The average molecular weight is 261 g/mol. The molecule has 1 saturated heterocycles. The van der Waals surface area contributed by atoms with Gasteiger partial charge in [0.25, 0.3) is 0 Å². The lowest BCUT2D eigenvalue weighted by Crippen LogP contribution is -2.35. The second-order valence-electron chi connectivity index (χ2n) is 4.84. The van der Waals surface area contributed by atoms with E-state index in [0.717, 1.165) is 11.8 Å². The van der Waals surface area contributed by atoms with E-state index < -0.39 is 11.7 Å². The van der Waals surface area contributed by atoms with Crippen molar-refractivity contribution in [1.82, 2.24) is 5.32 Å². The summed E-state index contributed by atoms with van der Waals surface area (Å²) in [5.41, 5.74) is 0.0846. The average Bonchev–Trinajstić information content (AvgIpc) is 2.58. The minimum atomic E-state index is -4.27. The SMILES string of the molecule is CC1(C)CSC(c2cccc(C(F)(F)F)c2)N1. The van der Waals surface area contributed by atoms with Gasteiger partial charge in [-0.15, -0.1) is 11.8 Å². The molecule has 1 heterocycles. The molecule has 1 aromatic carbocycles. The number of alkyl halides is 3. The molecule has 0 aromatic heterocycles. The van der Waals surface area contributed by atoms with Gasteiger partial charge in [0, 0.05) is 11.3 Å². The van der Waals surface area contributed by atoms with E-state index in [1.807, 2.05) is 13.8 Å². The normalized spacial score (nSPS) is 23.9. The van der Waals surface area contributed by atoms with Crippen molar-refractivity contribution in [2.24, 2.45) is 0 Å². The molecule has 0 aliphatic carbocycles. The van der Waals surface area contributed by atoms with Crippen molar-refractivity contribution in [3.05, 3.63) is 35.4 Å². The second kappa shape index (κ2) is 4.21. The Labute approximate surface area is 103 Å². The van der Waals surface area contributed by atoms with Gasteiger partial charge in [-0.25, -0.2) is 0 Å². The standard InChI is InChI=1S/C12H14F3NS/c1-11(2)7-17-10(16-11)8-4-3-5-9(6-8)12(13,14)15/h3-6,10,16H,7H2,1-2H3. The van der Waals surface area contributed by atoms with Crippen molar-refractivity contribution >= 4 is 11.8 Å². The molecular weight excluding hydrogens is 247 g/mol. The minimum absolute atomic E-state index is 0.0242. The Morgan fingerprint density at radius 2 is 2.06 bits per heavy atom. The molecule has 1 fully saturated rings. The molecule has 0 radical (unpaired) electrons. The van der Waals surface area contributed by atoms with Crippen LogP contribution in [0.15, 0.2) is 24.3 Å². The van der Waals surface area contributed by atoms with Gasteiger partial charge in [-0.05, 0) is 31.5 Å². The topological polar surface area (TPSA) is 12.0 Å². The van der Waals surface area contributed by atoms with Gasteiger partial charge in [0.1, 0.15) is 0 Å². The van der Waals surface area contributed by atoms with Crippen molar-refractivity contribution in [2.45, 2.75) is 30.9 Å². The molecule has 2 rings (SSSR count). The lowest BCUT2D eigenvalue weighted by Gasteiger charge is -2.19. The van der Waals surface area contributed by atoms with Crippen LogP contribution in [0.3, 0.4) is 0 Å². The van der Waals surface area contributed by atoms with Crippen LogP contribution in [-0.2, 0) is 6.18 Å². The Bertz CT molecular complexity index is 414. The van der Waals surface area contributed by atoms with Crippen LogP contribution in [0.25, 0.3) is 0 Å². The quantitative estimate of drug-likeness (QED) is 0.824. The summed E-state index contributed by atoms with van der Waals surface area (Å²) in [5, 5.41) is 3.27. The van der Waals surface area contributed by atoms with Crippen molar-refractivity contribution in [3.8, 4) is 0 Å². The molecule has 0 spiro atoms. The van der Waals surface area contributed by atoms with Crippen LogP contribution >= 0.6 is 11.8 Å². The maximum absolute atomic E-state index is 12.6. The molecule has 1 N–H and O–H groups in total. The Hall–Kier alpha value is -0.680. The van der Waals surface area contributed by atoms with E-state index in [9.17, 15) is 13.2 Å². The molecular formula is C12H14F3NS. The van der Waals surface area contributed by atoms with Crippen LogP contribution in [0.1, 0.15) is 30.3 Å². The predicted molar refractivity (Wildman–Crippen MR) is 63.9 cm³/mol. The third kappa shape index (κ3) is 2.96. The zero-order chi connectivity index (χ0) is 12.7. The molecule has 5 heteroatoms. The first-order valence-electron chi connectivity index (χ1n) is 5.34. The lowest BCUT2D eigenvalue weighted by molar-refractivity contribution is -0.137. The number of hydrogen-bond donors (Lipinski definition) is 1. The third-order valence-corrected chi connectivity index (χ3v) is 4.26. The number of halogens is 3. The Morgan fingerprint density at radius 1 is 1.35 bits per heavy atom. The maximum Gasteiger partial charge on any atom is 0.416 e. The fraction of sp³-hybridized carbons (Fsp3) is 0.500. The highest BCUT2D eigenvalue weighted by molar-refractivity contribution is 7.99. The van der Waals surface area contributed by atoms with E-state index in [4.69, 9.17) is 0 Å². The molecule has 1 nitrogen and oxygen atoms in total. The Kier molecular flexibility index (Phi) is 3.16. The van der Waals surface area contributed by atoms with Gasteiger partial charge in [0.05, 0.1) is 10.9 Å². The second-order valence-corrected chi connectivity index (χ2v) is 5.94. The predicted octanol–water partition coefficient (Wildman–Crippen LogP) is 3.82. The largest absolute Gasteiger partial charge is 0.416 e. The summed E-state index contributed by atoms with van der Waals surface area (Å²) in [6.07, 6.45) is -4.27. The Morgan fingerprint density at radius 3 is 2.59 bits per heavy atom. The summed E-state index contributed by atoms with van der Waals surface area (Å²) in [5.74, 6) is 0.897. The first-order valence-corrected chi connectivity index (χ1v) is 6.39. The van der Waals surface area contributed by atoms with Crippen LogP contribution < -0.4 is 5.32 Å². The molecule has 0 amide bonds. The number of rotatable bonds is 1. The van der Waals surface area contributed by atoms with Crippen molar-refractivity contribution in [2.75, 3.05) is 5.75 Å². The van der Waals surface area contributed by atoms with E-state index in [0.29, 0.717) is 5.56 Å². The van der Waals surface area contributed by atoms with E-state index in [1.165, 1.54) is 12.1 Å². The lowest BCUT2D eigenvalue weighted by atomic mass is 10.1. The van der Waals surface area contributed by atoms with Gasteiger partial charge >= 0.3 is 6.18 Å². The van der Waals surface area contributed by atoms with E-state index in [1.54, 1.807) is 17.8 Å². The molecule has 1 aliphatic rings. The molecule has 0 bridgehead atoms. The highest BCUT2D eigenvalue weighted by Crippen LogP contribution is 2.39. The van der Waals surface area contributed by atoms with E-state index in [2.05, 4.69) is 5.32 Å². The molecule has 94 valence electrons. The van der Waals surface area contributed by atoms with Gasteiger partial charge in [-0.1, -0.05) is 12.1 Å². The molecule has 1 aliphatic heterocycles. The summed E-state index contributed by atoms with van der Waals surface area (Å²) in [6.45, 7) is 4.10. The number of benzene rings is 1. The minimum Gasteiger partial charge on any atom is -0.296 e. The van der Waals surface area contributed by atoms with Crippen LogP contribution in [-0.4, -0.2) is 11.3 Å². The smallest absolute Gasteiger partial charge is 0.296 e. The zero-order valence-electron chi connectivity index (χ0n) is 9.64. The van der Waals surface area contributed by atoms with Crippen LogP contribution in [0.2, 0.25) is 0 Å².